The molecule has 3 atom stereocenters. The third kappa shape index (κ3) is 4.08. The Balaban J connectivity index is 1.99. The largest absolute Gasteiger partial charge is 0.469 e. The summed E-state index contributed by atoms with van der Waals surface area (Å²) in [5.74, 6) is 1.69. The van der Waals surface area contributed by atoms with Gasteiger partial charge in [-0.2, -0.15) is 0 Å². The smallest absolute Gasteiger partial charge is 0.310 e. The van der Waals surface area contributed by atoms with Crippen molar-refractivity contribution in [3.05, 3.63) is 24.2 Å². The van der Waals surface area contributed by atoms with Crippen LogP contribution in [0.3, 0.4) is 0 Å². The van der Waals surface area contributed by atoms with Gasteiger partial charge in [0.25, 0.3) is 0 Å². The molecule has 0 radical (unpaired) electrons. The molecule has 7 heteroatoms. The van der Waals surface area contributed by atoms with E-state index in [4.69, 9.17) is 9.15 Å². The predicted molar refractivity (Wildman–Crippen MR) is 92.7 cm³/mol. The Labute approximate surface area is 143 Å². The van der Waals surface area contributed by atoms with E-state index in [0.717, 1.165) is 18.3 Å². The number of hydrogen-bond acceptors (Lipinski definition) is 5. The van der Waals surface area contributed by atoms with Gasteiger partial charge in [-0.05, 0) is 32.1 Å². The highest BCUT2D eigenvalue weighted by atomic mass is 16.5. The van der Waals surface area contributed by atoms with Gasteiger partial charge in [0.2, 0.25) is 0 Å². The summed E-state index contributed by atoms with van der Waals surface area (Å²) in [5, 5.41) is 3.40. The molecule has 0 saturated carbocycles. The zero-order valence-electron chi connectivity index (χ0n) is 15.2. The summed E-state index contributed by atoms with van der Waals surface area (Å²) in [7, 11) is 7.23. The van der Waals surface area contributed by atoms with Gasteiger partial charge in [0.05, 0.1) is 25.3 Å². The molecule has 0 amide bonds. The van der Waals surface area contributed by atoms with Crippen molar-refractivity contribution in [1.82, 2.24) is 15.1 Å². The van der Waals surface area contributed by atoms with Crippen LogP contribution < -0.4 is 5.32 Å². The third-order valence-electron chi connectivity index (χ3n) is 4.58. The van der Waals surface area contributed by atoms with Crippen molar-refractivity contribution in [2.24, 2.45) is 16.8 Å². The first kappa shape index (κ1) is 18.3. The number of nitrogens with zero attached hydrogens (tertiary/aromatic N) is 3. The molecule has 1 N–H and O–H groups in total. The Morgan fingerprint density at radius 2 is 2.29 bits per heavy atom. The molecule has 1 saturated heterocycles. The lowest BCUT2D eigenvalue weighted by Gasteiger charge is -2.26. The molecule has 2 rings (SSSR count). The van der Waals surface area contributed by atoms with Crippen LogP contribution in [0, 0.1) is 11.8 Å². The molecule has 134 valence electrons. The number of nitrogens with one attached hydrogen (secondary N) is 1. The zero-order chi connectivity index (χ0) is 17.7. The summed E-state index contributed by atoms with van der Waals surface area (Å²) < 4.78 is 10.4. The Hall–Kier alpha value is -2.02. The van der Waals surface area contributed by atoms with Crippen molar-refractivity contribution >= 4 is 11.9 Å². The number of carbonyl (C=O) groups is 1. The second-order valence-corrected chi connectivity index (χ2v) is 6.43. The molecule has 1 aromatic heterocycles. The highest BCUT2D eigenvalue weighted by Crippen LogP contribution is 2.24. The van der Waals surface area contributed by atoms with Gasteiger partial charge < -0.3 is 19.4 Å². The van der Waals surface area contributed by atoms with E-state index in [-0.39, 0.29) is 23.8 Å². The van der Waals surface area contributed by atoms with Crippen LogP contribution in [-0.2, 0) is 9.53 Å². The van der Waals surface area contributed by atoms with E-state index in [0.29, 0.717) is 13.1 Å². The van der Waals surface area contributed by atoms with Crippen LogP contribution in [0.1, 0.15) is 18.7 Å². The third-order valence-corrected chi connectivity index (χ3v) is 4.58. The Bertz CT molecular complexity index is 556. The van der Waals surface area contributed by atoms with E-state index in [2.05, 4.69) is 27.0 Å². The van der Waals surface area contributed by atoms with Gasteiger partial charge in [0.15, 0.2) is 5.96 Å². The van der Waals surface area contributed by atoms with Crippen LogP contribution in [0.4, 0.5) is 0 Å². The quantitative estimate of drug-likeness (QED) is 0.495. The second-order valence-electron chi connectivity index (χ2n) is 6.43. The lowest BCUT2D eigenvalue weighted by Crippen LogP contribution is -2.43. The van der Waals surface area contributed by atoms with Crippen LogP contribution in [0.2, 0.25) is 0 Å². The molecule has 0 bridgehead atoms. The number of ether oxygens (including phenoxy) is 1. The molecule has 7 nitrogen and oxygen atoms in total. The number of guanidine groups is 1. The Morgan fingerprint density at radius 1 is 1.54 bits per heavy atom. The summed E-state index contributed by atoms with van der Waals surface area (Å²) in [4.78, 5) is 20.4. The molecule has 3 unspecified atom stereocenters. The van der Waals surface area contributed by atoms with Crippen LogP contribution in [0.25, 0.3) is 0 Å². The SMILES string of the molecule is CN=C(NCC(c1ccco1)N(C)C)N1CC(C)C(C(=O)OC)C1. The number of methoxy groups -OCH3 is 1. The Morgan fingerprint density at radius 3 is 2.83 bits per heavy atom. The van der Waals surface area contributed by atoms with E-state index < -0.39 is 0 Å². The maximum Gasteiger partial charge on any atom is 0.310 e. The topological polar surface area (TPSA) is 70.3 Å². The van der Waals surface area contributed by atoms with Crippen LogP contribution in [0.5, 0.6) is 0 Å². The molecular weight excluding hydrogens is 308 g/mol. The summed E-state index contributed by atoms with van der Waals surface area (Å²) in [5.41, 5.74) is 0. The highest BCUT2D eigenvalue weighted by Gasteiger charge is 2.37. The molecule has 24 heavy (non-hydrogen) atoms. The molecule has 2 heterocycles. The number of aliphatic imine (C=N–C) groups is 1. The van der Waals surface area contributed by atoms with Gasteiger partial charge in [-0.1, -0.05) is 6.92 Å². The average molecular weight is 336 g/mol. The highest BCUT2D eigenvalue weighted by molar-refractivity contribution is 5.82. The van der Waals surface area contributed by atoms with E-state index in [1.54, 1.807) is 13.3 Å². The maximum atomic E-state index is 11.9. The van der Waals surface area contributed by atoms with E-state index in [1.165, 1.54) is 7.11 Å². The number of likely N-dealkylation sites (N-methyl/N-ethyl adjacent to an activating group) is 1. The normalized spacial score (nSPS) is 22.8. The van der Waals surface area contributed by atoms with E-state index in [1.807, 2.05) is 26.2 Å². The van der Waals surface area contributed by atoms with Crippen molar-refractivity contribution in [1.29, 1.82) is 0 Å². The molecular formula is C17H28N4O3. The summed E-state index contributed by atoms with van der Waals surface area (Å²) >= 11 is 0. The minimum atomic E-state index is -0.151. The van der Waals surface area contributed by atoms with Crippen molar-refractivity contribution < 1.29 is 13.9 Å². The number of hydrogen-bond donors (Lipinski definition) is 1. The number of furan rings is 1. The van der Waals surface area contributed by atoms with Gasteiger partial charge in [0.1, 0.15) is 5.76 Å². The van der Waals surface area contributed by atoms with E-state index in [9.17, 15) is 4.79 Å². The molecule has 1 aliphatic rings. The van der Waals surface area contributed by atoms with Crippen molar-refractivity contribution in [2.75, 3.05) is 47.9 Å². The van der Waals surface area contributed by atoms with Crippen LogP contribution in [0.15, 0.2) is 27.8 Å². The van der Waals surface area contributed by atoms with Gasteiger partial charge in [-0.3, -0.25) is 14.7 Å². The standard InChI is InChI=1S/C17H28N4O3/c1-12-10-21(11-13(12)16(22)23-5)17(18-2)19-9-14(20(3)4)15-7-6-8-24-15/h6-8,12-14H,9-11H2,1-5H3,(H,18,19). The van der Waals surface area contributed by atoms with Crippen molar-refractivity contribution in [2.45, 2.75) is 13.0 Å². The number of carbonyl (C=O) groups excluding carboxylic acids is 1. The van der Waals surface area contributed by atoms with Crippen LogP contribution >= 0.6 is 0 Å². The maximum absolute atomic E-state index is 11.9. The van der Waals surface area contributed by atoms with Gasteiger partial charge in [0, 0.05) is 26.7 Å². The fraction of sp³-hybridized carbons (Fsp3) is 0.647. The average Bonchev–Trinajstić information content (AvgIpc) is 3.20. The zero-order valence-corrected chi connectivity index (χ0v) is 15.2. The summed E-state index contributed by atoms with van der Waals surface area (Å²) in [6.07, 6.45) is 1.68. The molecule has 1 aliphatic heterocycles. The summed E-state index contributed by atoms with van der Waals surface area (Å²) in [6.45, 7) is 4.15. The molecule has 0 spiro atoms. The molecule has 0 aromatic carbocycles. The van der Waals surface area contributed by atoms with Gasteiger partial charge in [-0.15, -0.1) is 0 Å². The van der Waals surface area contributed by atoms with Gasteiger partial charge in [-0.25, -0.2) is 0 Å². The number of esters is 1. The van der Waals surface area contributed by atoms with E-state index >= 15 is 0 Å². The van der Waals surface area contributed by atoms with Gasteiger partial charge >= 0.3 is 5.97 Å². The predicted octanol–water partition coefficient (Wildman–Crippen LogP) is 1.20. The first-order valence-corrected chi connectivity index (χ1v) is 8.21. The molecule has 1 aromatic rings. The summed E-state index contributed by atoms with van der Waals surface area (Å²) in [6, 6.07) is 3.97. The number of likely N-dealkylation sites (tertiary alicyclic amines) is 1. The minimum Gasteiger partial charge on any atom is -0.469 e. The molecule has 1 fully saturated rings. The first-order chi connectivity index (χ1) is 11.5. The first-order valence-electron chi connectivity index (χ1n) is 8.21. The van der Waals surface area contributed by atoms with Crippen molar-refractivity contribution in [3.8, 4) is 0 Å². The lowest BCUT2D eigenvalue weighted by atomic mass is 9.99. The lowest BCUT2D eigenvalue weighted by molar-refractivity contribution is -0.145. The number of rotatable bonds is 5. The monoisotopic (exact) mass is 336 g/mol. The molecule has 0 aliphatic carbocycles. The fourth-order valence-corrected chi connectivity index (χ4v) is 3.14. The fourth-order valence-electron chi connectivity index (χ4n) is 3.14. The second kappa shape index (κ2) is 8.19. The van der Waals surface area contributed by atoms with Crippen molar-refractivity contribution in [3.63, 3.8) is 0 Å². The van der Waals surface area contributed by atoms with Crippen LogP contribution in [-0.4, -0.2) is 69.6 Å². The minimum absolute atomic E-state index is 0.105. The Kier molecular flexibility index (Phi) is 6.25.